The van der Waals surface area contributed by atoms with Crippen LogP contribution in [0.25, 0.3) is 0 Å². The van der Waals surface area contributed by atoms with Gasteiger partial charge in [-0.15, -0.1) is 0 Å². The summed E-state index contributed by atoms with van der Waals surface area (Å²) in [4.78, 5) is 3.29. The van der Waals surface area contributed by atoms with Crippen LogP contribution in [0, 0.1) is 3.57 Å². The summed E-state index contributed by atoms with van der Waals surface area (Å²) in [6, 6.07) is 8.87. The van der Waals surface area contributed by atoms with Crippen LogP contribution >= 0.6 is 34.2 Å². The van der Waals surface area contributed by atoms with Gasteiger partial charge in [-0.1, -0.05) is 29.8 Å². The first-order valence-corrected chi connectivity index (χ1v) is 6.92. The van der Waals surface area contributed by atoms with Crippen molar-refractivity contribution in [1.82, 2.24) is 4.98 Å². The largest absolute Gasteiger partial charge is 0.433 e. The number of aliphatic hydroxyl groups excluding tert-OH is 1. The molecule has 0 radical (unpaired) electrons. The Balaban J connectivity index is 2.36. The van der Waals surface area contributed by atoms with Gasteiger partial charge in [0, 0.05) is 9.13 Å². The monoisotopic (exact) mass is 413 g/mol. The van der Waals surface area contributed by atoms with Gasteiger partial charge in [-0.3, -0.25) is 0 Å². The maximum atomic E-state index is 12.5. The molecule has 2 rings (SSSR count). The van der Waals surface area contributed by atoms with Gasteiger partial charge in [-0.05, 0) is 46.4 Å². The second kappa shape index (κ2) is 5.87. The maximum absolute atomic E-state index is 12.5. The van der Waals surface area contributed by atoms with Crippen LogP contribution in [0.4, 0.5) is 13.2 Å². The number of aliphatic hydroxyl groups is 1. The summed E-state index contributed by atoms with van der Waals surface area (Å²) in [6.07, 6.45) is -5.68. The molecular weight excluding hydrogens is 406 g/mol. The van der Waals surface area contributed by atoms with Crippen molar-refractivity contribution in [2.24, 2.45) is 0 Å². The third-order valence-corrected chi connectivity index (χ3v) is 3.67. The molecule has 0 saturated heterocycles. The average Bonchev–Trinajstić information content (AvgIpc) is 2.37. The molecule has 1 aromatic carbocycles. The molecule has 0 aliphatic carbocycles. The number of hydrogen-bond acceptors (Lipinski definition) is 2. The zero-order valence-corrected chi connectivity index (χ0v) is 12.7. The van der Waals surface area contributed by atoms with Gasteiger partial charge in [0.05, 0.1) is 0 Å². The lowest BCUT2D eigenvalue weighted by Crippen LogP contribution is -2.10. The average molecular weight is 414 g/mol. The van der Waals surface area contributed by atoms with Gasteiger partial charge in [-0.2, -0.15) is 13.2 Å². The topological polar surface area (TPSA) is 33.1 Å². The highest BCUT2D eigenvalue weighted by Crippen LogP contribution is 2.32. The molecule has 0 spiro atoms. The van der Waals surface area contributed by atoms with Crippen molar-refractivity contribution in [2.45, 2.75) is 12.3 Å². The molecule has 0 aliphatic rings. The van der Waals surface area contributed by atoms with Gasteiger partial charge < -0.3 is 5.11 Å². The van der Waals surface area contributed by atoms with Crippen LogP contribution in [0.15, 0.2) is 36.4 Å². The second-order valence-electron chi connectivity index (χ2n) is 4.03. The molecule has 1 N–H and O–H groups in total. The fourth-order valence-corrected chi connectivity index (χ4v) is 2.25. The van der Waals surface area contributed by atoms with E-state index in [1.165, 1.54) is 0 Å². The first kappa shape index (κ1) is 15.5. The van der Waals surface area contributed by atoms with Crippen LogP contribution in [0.1, 0.15) is 22.9 Å². The fraction of sp³-hybridized carbons (Fsp3) is 0.154. The van der Waals surface area contributed by atoms with Crippen LogP contribution in [0.2, 0.25) is 5.15 Å². The Morgan fingerprint density at radius 1 is 1.10 bits per heavy atom. The highest BCUT2D eigenvalue weighted by molar-refractivity contribution is 14.1. The van der Waals surface area contributed by atoms with Crippen molar-refractivity contribution >= 4 is 34.2 Å². The third kappa shape index (κ3) is 3.42. The van der Waals surface area contributed by atoms with E-state index in [2.05, 4.69) is 27.6 Å². The number of alkyl halides is 3. The summed E-state index contributed by atoms with van der Waals surface area (Å²) >= 11 is 7.85. The molecule has 7 heteroatoms. The standard InChI is InChI=1S/C13H8ClF3INO/c14-12-9(5-6-10(19-12)13(15,16)17)11(20)7-1-3-8(18)4-2-7/h1-6,11,20H. The second-order valence-corrected chi connectivity index (χ2v) is 5.63. The Kier molecular flexibility index (Phi) is 4.55. The van der Waals surface area contributed by atoms with Gasteiger partial charge in [0.2, 0.25) is 0 Å². The number of nitrogens with zero attached hydrogens (tertiary/aromatic N) is 1. The van der Waals surface area contributed by atoms with Crippen molar-refractivity contribution in [1.29, 1.82) is 0 Å². The number of hydrogen-bond donors (Lipinski definition) is 1. The van der Waals surface area contributed by atoms with E-state index in [0.29, 0.717) is 5.56 Å². The molecule has 20 heavy (non-hydrogen) atoms. The fourth-order valence-electron chi connectivity index (χ4n) is 1.63. The van der Waals surface area contributed by atoms with E-state index in [-0.39, 0.29) is 10.7 Å². The molecule has 0 aliphatic heterocycles. The predicted molar refractivity (Wildman–Crippen MR) is 77.5 cm³/mol. The van der Waals surface area contributed by atoms with Gasteiger partial charge in [0.15, 0.2) is 0 Å². The molecule has 1 aromatic heterocycles. The molecule has 0 bridgehead atoms. The van der Waals surface area contributed by atoms with E-state index < -0.39 is 18.0 Å². The molecule has 2 aromatic rings. The maximum Gasteiger partial charge on any atom is 0.433 e. The van der Waals surface area contributed by atoms with Gasteiger partial charge in [0.1, 0.15) is 17.0 Å². The summed E-state index contributed by atoms with van der Waals surface area (Å²) in [6.45, 7) is 0. The normalized spacial score (nSPS) is 13.3. The highest BCUT2D eigenvalue weighted by Gasteiger charge is 2.33. The van der Waals surface area contributed by atoms with Gasteiger partial charge in [-0.25, -0.2) is 4.98 Å². The summed E-state index contributed by atoms with van der Waals surface area (Å²) in [7, 11) is 0. The van der Waals surface area contributed by atoms with Crippen molar-refractivity contribution in [3.63, 3.8) is 0 Å². The van der Waals surface area contributed by atoms with Crippen LogP contribution in [-0.4, -0.2) is 10.1 Å². The Morgan fingerprint density at radius 2 is 1.70 bits per heavy atom. The van der Waals surface area contributed by atoms with E-state index in [9.17, 15) is 18.3 Å². The molecule has 106 valence electrons. The van der Waals surface area contributed by atoms with Crippen molar-refractivity contribution in [3.05, 3.63) is 61.9 Å². The zero-order chi connectivity index (χ0) is 14.9. The minimum atomic E-state index is -4.56. The van der Waals surface area contributed by atoms with Crippen molar-refractivity contribution in [3.8, 4) is 0 Å². The number of aromatic nitrogens is 1. The molecule has 1 atom stereocenters. The smallest absolute Gasteiger partial charge is 0.384 e. The molecule has 1 unspecified atom stereocenters. The molecule has 0 fully saturated rings. The Bertz CT molecular complexity index is 616. The first-order chi connectivity index (χ1) is 9.29. The van der Waals surface area contributed by atoms with Crippen LogP contribution in [0.5, 0.6) is 0 Å². The Morgan fingerprint density at radius 3 is 2.20 bits per heavy atom. The third-order valence-electron chi connectivity index (χ3n) is 2.65. The number of benzene rings is 1. The summed E-state index contributed by atoms with van der Waals surface area (Å²) in [5.41, 5.74) is -0.407. The minimum absolute atomic E-state index is 0.140. The summed E-state index contributed by atoms with van der Waals surface area (Å²) in [5.74, 6) is 0. The highest BCUT2D eigenvalue weighted by atomic mass is 127. The van der Waals surface area contributed by atoms with Gasteiger partial charge in [0.25, 0.3) is 0 Å². The minimum Gasteiger partial charge on any atom is -0.384 e. The zero-order valence-electron chi connectivity index (χ0n) is 9.83. The molecule has 0 saturated carbocycles. The molecular formula is C13H8ClF3INO. The molecule has 1 heterocycles. The summed E-state index contributed by atoms with van der Waals surface area (Å²) < 4.78 is 38.4. The van der Waals surface area contributed by atoms with Gasteiger partial charge >= 0.3 is 6.18 Å². The Labute approximate surface area is 131 Å². The van der Waals surface area contributed by atoms with E-state index >= 15 is 0 Å². The van der Waals surface area contributed by atoms with Crippen molar-refractivity contribution < 1.29 is 18.3 Å². The molecule has 0 amide bonds. The number of pyridine rings is 1. The predicted octanol–water partition coefficient (Wildman–Crippen LogP) is 4.44. The molecule has 2 nitrogen and oxygen atoms in total. The van der Waals surface area contributed by atoms with E-state index in [1.807, 2.05) is 0 Å². The Hall–Kier alpha value is -0.860. The van der Waals surface area contributed by atoms with E-state index in [1.54, 1.807) is 24.3 Å². The number of rotatable bonds is 2. The van der Waals surface area contributed by atoms with E-state index in [0.717, 1.165) is 15.7 Å². The van der Waals surface area contributed by atoms with Crippen LogP contribution in [-0.2, 0) is 6.18 Å². The van der Waals surface area contributed by atoms with Crippen LogP contribution in [0.3, 0.4) is 0 Å². The SMILES string of the molecule is OC(c1ccc(I)cc1)c1ccc(C(F)(F)F)nc1Cl. The number of halogens is 5. The summed E-state index contributed by atoms with van der Waals surface area (Å²) in [5, 5.41) is 9.79. The lowest BCUT2D eigenvalue weighted by Gasteiger charge is -2.14. The lowest BCUT2D eigenvalue weighted by molar-refractivity contribution is -0.141. The van der Waals surface area contributed by atoms with Crippen LogP contribution < -0.4 is 0 Å². The van der Waals surface area contributed by atoms with Crippen molar-refractivity contribution in [2.75, 3.05) is 0 Å². The quantitative estimate of drug-likeness (QED) is 0.583. The van der Waals surface area contributed by atoms with E-state index in [4.69, 9.17) is 11.6 Å². The first-order valence-electron chi connectivity index (χ1n) is 5.46. The lowest BCUT2D eigenvalue weighted by atomic mass is 10.0.